The molecule has 1 amide bonds. The van der Waals surface area contributed by atoms with Gasteiger partial charge in [-0.3, -0.25) is 15.1 Å². The Morgan fingerprint density at radius 2 is 2.00 bits per heavy atom. The second-order valence-electron chi connectivity index (χ2n) is 6.86. The quantitative estimate of drug-likeness (QED) is 0.273. The number of rotatable bonds is 8. The summed E-state index contributed by atoms with van der Waals surface area (Å²) in [6.45, 7) is 0. The molecular formula is C19H15F4N5O4S. The minimum atomic E-state index is -4.57. The molecule has 0 fully saturated rings. The molecule has 0 radical (unpaired) electrons. The molecule has 1 unspecified atom stereocenters. The van der Waals surface area contributed by atoms with E-state index in [2.05, 4.69) is 20.5 Å². The van der Waals surface area contributed by atoms with E-state index >= 15 is 0 Å². The molecular weight excluding hydrogens is 470 g/mol. The summed E-state index contributed by atoms with van der Waals surface area (Å²) >= 11 is 1.11. The van der Waals surface area contributed by atoms with E-state index in [-0.39, 0.29) is 19.3 Å². The fourth-order valence-electron chi connectivity index (χ4n) is 2.95. The number of nitro groups is 1. The van der Waals surface area contributed by atoms with Gasteiger partial charge in [-0.15, -0.1) is 10.2 Å². The third-order valence-electron chi connectivity index (χ3n) is 4.49. The van der Waals surface area contributed by atoms with Gasteiger partial charge in [0, 0.05) is 30.3 Å². The first kappa shape index (κ1) is 24.0. The maximum Gasteiger partial charge on any atom is 0.433 e. The fraction of sp³-hybridized carbons (Fsp3) is 0.263. The molecule has 0 saturated heterocycles. The molecule has 33 heavy (non-hydrogen) atoms. The summed E-state index contributed by atoms with van der Waals surface area (Å²) in [7, 11) is 0. The smallest absolute Gasteiger partial charge is 0.433 e. The van der Waals surface area contributed by atoms with E-state index in [9.17, 15) is 32.5 Å². The molecule has 0 aliphatic carbocycles. The zero-order valence-corrected chi connectivity index (χ0v) is 17.4. The Balaban J connectivity index is 1.67. The summed E-state index contributed by atoms with van der Waals surface area (Å²) in [6.07, 6.45) is -4.16. The highest BCUT2D eigenvalue weighted by molar-refractivity contribution is 7.14. The third kappa shape index (κ3) is 6.41. The van der Waals surface area contributed by atoms with Gasteiger partial charge in [0.2, 0.25) is 5.82 Å². The first-order valence-electron chi connectivity index (χ1n) is 9.31. The highest BCUT2D eigenvalue weighted by Crippen LogP contribution is 2.29. The molecule has 0 aliphatic rings. The van der Waals surface area contributed by atoms with Crippen molar-refractivity contribution in [3.63, 3.8) is 0 Å². The standard InChI is InChI=1S/C19H15F4N5O4S/c20-13-8-11(2-4-14(13)28(31)32)17-27-26-16(33-17)6-3-12(25-18(29)30)7-10-1-5-15(24-9-10)19(21,22)23/h1-2,4-5,8-9,12,25H,3,6-7H2,(H,29,30). The number of carboxylic acid groups (broad SMARTS) is 1. The highest BCUT2D eigenvalue weighted by atomic mass is 32.1. The van der Waals surface area contributed by atoms with Gasteiger partial charge in [-0.1, -0.05) is 17.4 Å². The largest absolute Gasteiger partial charge is 0.465 e. The van der Waals surface area contributed by atoms with Crippen LogP contribution in [0.2, 0.25) is 0 Å². The van der Waals surface area contributed by atoms with Crippen LogP contribution < -0.4 is 5.32 Å². The summed E-state index contributed by atoms with van der Waals surface area (Å²) in [4.78, 5) is 24.4. The molecule has 2 N–H and O–H groups in total. The van der Waals surface area contributed by atoms with Crippen LogP contribution in [0.15, 0.2) is 36.5 Å². The van der Waals surface area contributed by atoms with Crippen molar-refractivity contribution in [3.8, 4) is 10.6 Å². The van der Waals surface area contributed by atoms with Crippen molar-refractivity contribution in [1.82, 2.24) is 20.5 Å². The summed E-state index contributed by atoms with van der Waals surface area (Å²) in [5.41, 5.74) is -0.985. The lowest BCUT2D eigenvalue weighted by Gasteiger charge is -2.16. The molecule has 0 bridgehead atoms. The molecule has 9 nitrogen and oxygen atoms in total. The Morgan fingerprint density at radius 1 is 1.24 bits per heavy atom. The van der Waals surface area contributed by atoms with Crippen LogP contribution in [0.5, 0.6) is 0 Å². The van der Waals surface area contributed by atoms with E-state index in [0.29, 0.717) is 21.1 Å². The van der Waals surface area contributed by atoms with E-state index in [4.69, 9.17) is 5.11 Å². The monoisotopic (exact) mass is 485 g/mol. The van der Waals surface area contributed by atoms with Crippen LogP contribution in [-0.2, 0) is 19.0 Å². The molecule has 14 heteroatoms. The number of halogens is 4. The topological polar surface area (TPSA) is 131 Å². The van der Waals surface area contributed by atoms with E-state index in [1.165, 1.54) is 12.1 Å². The van der Waals surface area contributed by atoms with E-state index in [1.54, 1.807) is 0 Å². The molecule has 1 aromatic carbocycles. The Labute approximate surface area is 187 Å². The molecule has 2 aromatic heterocycles. The fourth-order valence-corrected chi connectivity index (χ4v) is 3.81. The van der Waals surface area contributed by atoms with Gasteiger partial charge < -0.3 is 10.4 Å². The lowest BCUT2D eigenvalue weighted by atomic mass is 10.0. The normalized spacial score (nSPS) is 12.4. The molecule has 3 aromatic rings. The summed E-state index contributed by atoms with van der Waals surface area (Å²) < 4.78 is 51.8. The third-order valence-corrected chi connectivity index (χ3v) is 5.52. The van der Waals surface area contributed by atoms with Crippen molar-refractivity contribution < 1.29 is 32.4 Å². The van der Waals surface area contributed by atoms with Gasteiger partial charge in [0.15, 0.2) is 0 Å². The van der Waals surface area contributed by atoms with Crippen LogP contribution in [-0.4, -0.2) is 37.3 Å². The summed E-state index contributed by atoms with van der Waals surface area (Å²) in [5, 5.41) is 30.9. The molecule has 2 heterocycles. The second-order valence-corrected chi connectivity index (χ2v) is 7.92. The number of pyridine rings is 1. The number of carbonyl (C=O) groups is 1. The minimum Gasteiger partial charge on any atom is -0.465 e. The number of nitrogens with one attached hydrogen (secondary N) is 1. The number of nitrogens with zero attached hydrogens (tertiary/aromatic N) is 4. The molecule has 0 aliphatic heterocycles. The van der Waals surface area contributed by atoms with Crippen LogP contribution in [0.4, 0.5) is 28.0 Å². The zero-order valence-electron chi connectivity index (χ0n) is 16.5. The average molecular weight is 485 g/mol. The van der Waals surface area contributed by atoms with E-state index in [0.717, 1.165) is 35.7 Å². The second kappa shape index (κ2) is 9.85. The molecule has 174 valence electrons. The van der Waals surface area contributed by atoms with Crippen molar-refractivity contribution in [1.29, 1.82) is 0 Å². The van der Waals surface area contributed by atoms with Gasteiger partial charge in [0.25, 0.3) is 0 Å². The number of alkyl halides is 3. The number of benzene rings is 1. The van der Waals surface area contributed by atoms with E-state index in [1.807, 2.05) is 0 Å². The maximum absolute atomic E-state index is 13.8. The number of hydrogen-bond donors (Lipinski definition) is 2. The lowest BCUT2D eigenvalue weighted by molar-refractivity contribution is -0.387. The lowest BCUT2D eigenvalue weighted by Crippen LogP contribution is -2.35. The SMILES string of the molecule is O=C(O)NC(CCc1nnc(-c2ccc([N+](=O)[O-])c(F)c2)s1)Cc1ccc(C(F)(F)F)nc1. The summed E-state index contributed by atoms with van der Waals surface area (Å²) in [6, 6.07) is 4.78. The molecule has 0 saturated carbocycles. The molecule has 3 rings (SSSR count). The average Bonchev–Trinajstić information content (AvgIpc) is 3.20. The number of nitro benzene ring substituents is 1. The first-order valence-corrected chi connectivity index (χ1v) is 10.1. The number of aromatic nitrogens is 3. The number of amides is 1. The van der Waals surface area contributed by atoms with Crippen LogP contribution in [0.1, 0.15) is 22.7 Å². The van der Waals surface area contributed by atoms with Gasteiger partial charge in [-0.2, -0.15) is 17.6 Å². The predicted octanol–water partition coefficient (Wildman–Crippen LogP) is 4.48. The van der Waals surface area contributed by atoms with Crippen molar-refractivity contribution in [2.24, 2.45) is 0 Å². The summed E-state index contributed by atoms with van der Waals surface area (Å²) in [5.74, 6) is -1.01. The zero-order chi connectivity index (χ0) is 24.2. The Kier molecular flexibility index (Phi) is 7.16. The van der Waals surface area contributed by atoms with Gasteiger partial charge in [-0.25, -0.2) is 4.79 Å². The van der Waals surface area contributed by atoms with Crippen LogP contribution in [0.25, 0.3) is 10.6 Å². The number of aryl methyl sites for hydroxylation is 1. The Bertz CT molecular complexity index is 1150. The van der Waals surface area contributed by atoms with Crippen molar-refractivity contribution >= 4 is 23.1 Å². The van der Waals surface area contributed by atoms with Crippen molar-refractivity contribution in [2.75, 3.05) is 0 Å². The predicted molar refractivity (Wildman–Crippen MR) is 108 cm³/mol. The maximum atomic E-state index is 13.8. The number of hydrogen-bond acceptors (Lipinski definition) is 7. The van der Waals surface area contributed by atoms with Crippen LogP contribution in [0, 0.1) is 15.9 Å². The minimum absolute atomic E-state index is 0.108. The van der Waals surface area contributed by atoms with Crippen molar-refractivity contribution in [3.05, 3.63) is 68.7 Å². The van der Waals surface area contributed by atoms with Crippen LogP contribution in [0.3, 0.4) is 0 Å². The molecule has 1 atom stereocenters. The highest BCUT2D eigenvalue weighted by Gasteiger charge is 2.32. The van der Waals surface area contributed by atoms with Gasteiger partial charge >= 0.3 is 18.0 Å². The molecule has 0 spiro atoms. The van der Waals surface area contributed by atoms with Gasteiger partial charge in [0.1, 0.15) is 15.7 Å². The van der Waals surface area contributed by atoms with Crippen molar-refractivity contribution in [2.45, 2.75) is 31.5 Å². The Hall–Kier alpha value is -3.68. The van der Waals surface area contributed by atoms with Gasteiger partial charge in [-0.05, 0) is 36.6 Å². The van der Waals surface area contributed by atoms with Gasteiger partial charge in [0.05, 0.1) is 4.92 Å². The first-order chi connectivity index (χ1) is 15.5. The Morgan fingerprint density at radius 3 is 2.58 bits per heavy atom. The van der Waals surface area contributed by atoms with Crippen LogP contribution >= 0.6 is 11.3 Å². The van der Waals surface area contributed by atoms with E-state index < -0.39 is 40.4 Å².